The molecule has 3 aromatic heterocycles. The first-order valence-corrected chi connectivity index (χ1v) is 8.67. The minimum Gasteiger partial charge on any atom is -0.387 e. The van der Waals surface area contributed by atoms with Crippen molar-refractivity contribution >= 4 is 34.2 Å². The second-order valence-corrected chi connectivity index (χ2v) is 6.55. The van der Waals surface area contributed by atoms with E-state index in [9.17, 15) is 15.0 Å². The third-order valence-corrected chi connectivity index (χ3v) is 4.90. The maximum absolute atomic E-state index is 12.2. The monoisotopic (exact) mass is 396 g/mol. The molecule has 0 spiro atoms. The minimum absolute atomic E-state index is 0.0470. The van der Waals surface area contributed by atoms with Gasteiger partial charge in [-0.15, -0.1) is 0 Å². The number of aliphatic hydroxyl groups is 2. The summed E-state index contributed by atoms with van der Waals surface area (Å²) in [5.41, 5.74) is 0.711. The smallest absolute Gasteiger partial charge is 0.251 e. The van der Waals surface area contributed by atoms with Crippen LogP contribution < -0.4 is 10.6 Å². The number of anilines is 1. The second-order valence-electron chi connectivity index (χ2n) is 5.77. The van der Waals surface area contributed by atoms with Gasteiger partial charge in [0, 0.05) is 33.1 Å². The van der Waals surface area contributed by atoms with Gasteiger partial charge in [-0.1, -0.05) is 0 Å². The molecular weight excluding hydrogens is 372 g/mol. The Labute approximate surface area is 166 Å². The van der Waals surface area contributed by atoms with E-state index in [0.29, 0.717) is 5.56 Å². The first kappa shape index (κ1) is 12.0. The molecule has 0 unspecified atom stereocenters. The predicted molar refractivity (Wildman–Crippen MR) is 98.2 cm³/mol. The fourth-order valence-electron chi connectivity index (χ4n) is 2.89. The summed E-state index contributed by atoms with van der Waals surface area (Å²) >= 11 is 1.38. The number of imidazole rings is 1. The molecule has 11 heteroatoms. The molecule has 1 aliphatic heterocycles. The van der Waals surface area contributed by atoms with Gasteiger partial charge in [-0.05, 0) is 11.4 Å². The highest BCUT2D eigenvalue weighted by molar-refractivity contribution is 7.08. The molecule has 0 aromatic carbocycles. The highest BCUT2D eigenvalue weighted by Crippen LogP contribution is 2.33. The highest BCUT2D eigenvalue weighted by atomic mass is 32.1. The SMILES string of the molecule is [2H]C([2H])([2H])NC(=O)[C@H]1O[C@@H](n2cnc3c(NC([2H])([2H])[2H])nc(-c4ccsc4)nc32)[C@H](O)[C@@H]1O. The van der Waals surface area contributed by atoms with Crippen molar-refractivity contribution in [1.29, 1.82) is 0 Å². The summed E-state index contributed by atoms with van der Waals surface area (Å²) in [6.07, 6.45) is -5.25. The Balaban J connectivity index is 1.76. The van der Waals surface area contributed by atoms with Gasteiger partial charge in [-0.25, -0.2) is 15.0 Å². The molecule has 4 rings (SSSR count). The van der Waals surface area contributed by atoms with Gasteiger partial charge < -0.3 is 25.6 Å². The van der Waals surface area contributed by atoms with Crippen molar-refractivity contribution in [2.24, 2.45) is 0 Å². The summed E-state index contributed by atoms with van der Waals surface area (Å²) in [5, 5.41) is 28.4. The van der Waals surface area contributed by atoms with E-state index in [1.165, 1.54) is 22.2 Å². The van der Waals surface area contributed by atoms with Gasteiger partial charge in [0.25, 0.3) is 5.91 Å². The topological polar surface area (TPSA) is 134 Å². The number of nitrogens with one attached hydrogen (secondary N) is 2. The van der Waals surface area contributed by atoms with Crippen LogP contribution in [0.5, 0.6) is 0 Å². The zero-order chi connectivity index (χ0) is 24.1. The molecule has 1 fully saturated rings. The van der Waals surface area contributed by atoms with Gasteiger partial charge in [0.05, 0.1) is 6.33 Å². The molecule has 27 heavy (non-hydrogen) atoms. The molecule has 3 aromatic rings. The lowest BCUT2D eigenvalue weighted by Gasteiger charge is -2.16. The Bertz CT molecular complexity index is 1170. The number of fused-ring (bicyclic) bond motifs is 1. The Hall–Kier alpha value is -2.60. The first-order valence-electron chi connectivity index (χ1n) is 10.7. The number of carbonyl (C=O) groups is 1. The van der Waals surface area contributed by atoms with Crippen LogP contribution in [0, 0.1) is 0 Å². The van der Waals surface area contributed by atoms with Crippen molar-refractivity contribution in [2.75, 3.05) is 19.3 Å². The third kappa shape index (κ3) is 2.84. The van der Waals surface area contributed by atoms with Gasteiger partial charge in [0.1, 0.15) is 12.2 Å². The van der Waals surface area contributed by atoms with Crippen molar-refractivity contribution in [3.63, 3.8) is 0 Å². The van der Waals surface area contributed by atoms with Crippen LogP contribution >= 0.6 is 11.3 Å². The Morgan fingerprint density at radius 2 is 2.26 bits per heavy atom. The number of hydrogen-bond acceptors (Lipinski definition) is 9. The number of hydrogen-bond donors (Lipinski definition) is 4. The fourth-order valence-corrected chi connectivity index (χ4v) is 3.52. The van der Waals surface area contributed by atoms with E-state index in [2.05, 4.69) is 20.3 Å². The Morgan fingerprint density at radius 1 is 1.37 bits per heavy atom. The summed E-state index contributed by atoms with van der Waals surface area (Å²) in [6.45, 7) is -5.40. The van der Waals surface area contributed by atoms with Crippen LogP contribution in [0.25, 0.3) is 22.6 Å². The van der Waals surface area contributed by atoms with E-state index in [-0.39, 0.29) is 22.8 Å². The van der Waals surface area contributed by atoms with Crippen molar-refractivity contribution in [1.82, 2.24) is 24.8 Å². The number of thiophene rings is 1. The molecule has 4 atom stereocenters. The summed E-state index contributed by atoms with van der Waals surface area (Å²) < 4.78 is 50.7. The first-order chi connectivity index (χ1) is 15.3. The van der Waals surface area contributed by atoms with Gasteiger partial charge in [0.2, 0.25) is 0 Å². The van der Waals surface area contributed by atoms with Crippen LogP contribution in [0.15, 0.2) is 23.2 Å². The van der Waals surface area contributed by atoms with Crippen LogP contribution in [0.4, 0.5) is 5.82 Å². The van der Waals surface area contributed by atoms with Crippen LogP contribution in [0.3, 0.4) is 0 Å². The van der Waals surface area contributed by atoms with Gasteiger partial charge in [-0.3, -0.25) is 9.36 Å². The zero-order valence-corrected chi connectivity index (χ0v) is 14.3. The summed E-state index contributed by atoms with van der Waals surface area (Å²) in [7, 11) is 0. The molecule has 1 aliphatic rings. The van der Waals surface area contributed by atoms with E-state index >= 15 is 0 Å². The molecule has 4 N–H and O–H groups in total. The molecule has 1 amide bonds. The molecule has 0 aliphatic carbocycles. The van der Waals surface area contributed by atoms with Crippen LogP contribution in [-0.4, -0.2) is 67.9 Å². The summed E-state index contributed by atoms with van der Waals surface area (Å²) in [5.74, 6) is -1.06. The van der Waals surface area contributed by atoms with E-state index in [4.69, 9.17) is 13.0 Å². The standard InChI is InChI=1S/C16H18N6O4S/c1-17-13-8-14(21-12(20-13)7-3-4-27-5-7)22(6-19-8)16-10(24)9(23)11(26-16)15(25)18-2/h3-6,9-11,16,23-24H,1-2H3,(H,18,25)(H,17,20,21)/t9-,10+,11-,16+/m0/s1/i1D3,2D3. The van der Waals surface area contributed by atoms with E-state index in [1.807, 2.05) is 0 Å². The van der Waals surface area contributed by atoms with Crippen molar-refractivity contribution in [3.8, 4) is 11.4 Å². The predicted octanol–water partition coefficient (Wildman–Crippen LogP) is -0.0383. The van der Waals surface area contributed by atoms with Gasteiger partial charge >= 0.3 is 0 Å². The summed E-state index contributed by atoms with van der Waals surface area (Å²) in [4.78, 5) is 25.0. The van der Waals surface area contributed by atoms with E-state index in [0.717, 1.165) is 0 Å². The van der Waals surface area contributed by atoms with E-state index in [1.54, 1.807) is 22.1 Å². The summed E-state index contributed by atoms with van der Waals surface area (Å²) in [6, 6.07) is 1.73. The maximum Gasteiger partial charge on any atom is 0.251 e. The molecule has 0 bridgehead atoms. The van der Waals surface area contributed by atoms with Crippen LogP contribution in [0.1, 0.15) is 14.5 Å². The van der Waals surface area contributed by atoms with Crippen molar-refractivity contribution in [3.05, 3.63) is 23.2 Å². The van der Waals surface area contributed by atoms with Gasteiger partial charge in [-0.2, -0.15) is 11.3 Å². The van der Waals surface area contributed by atoms with Crippen LogP contribution in [0.2, 0.25) is 0 Å². The number of nitrogens with zero attached hydrogens (tertiary/aromatic N) is 4. The third-order valence-electron chi connectivity index (χ3n) is 4.21. The highest BCUT2D eigenvalue weighted by Gasteiger charge is 2.47. The molecule has 142 valence electrons. The minimum atomic E-state index is -2.82. The number of aliphatic hydroxyl groups excluding tert-OH is 2. The molecule has 4 heterocycles. The van der Waals surface area contributed by atoms with Crippen LogP contribution in [-0.2, 0) is 9.53 Å². The van der Waals surface area contributed by atoms with E-state index < -0.39 is 44.4 Å². The fraction of sp³-hybridized carbons (Fsp3) is 0.375. The second kappa shape index (κ2) is 6.85. The molecule has 0 radical (unpaired) electrons. The lowest BCUT2D eigenvalue weighted by atomic mass is 10.1. The number of aromatic nitrogens is 4. The number of rotatable bonds is 4. The maximum atomic E-state index is 12.2. The molecule has 0 saturated carbocycles. The zero-order valence-electron chi connectivity index (χ0n) is 19.5. The lowest BCUT2D eigenvalue weighted by Crippen LogP contribution is -2.41. The quantitative estimate of drug-likeness (QED) is 0.483. The average Bonchev–Trinajstić information content (AvgIpc) is 3.40. The number of likely N-dealkylation sites (N-methyl/N-ethyl adjacent to an activating group) is 1. The largest absolute Gasteiger partial charge is 0.387 e. The molecule has 10 nitrogen and oxygen atoms in total. The lowest BCUT2D eigenvalue weighted by molar-refractivity contribution is -0.137. The van der Waals surface area contributed by atoms with Crippen molar-refractivity contribution < 1.29 is 28.0 Å². The number of amides is 1. The number of carbonyl (C=O) groups excluding carboxylic acids is 1. The Kier molecular flexibility index (Phi) is 3.04. The molecular formula is C16H18N6O4S. The normalized spacial score (nSPS) is 29.3. The average molecular weight is 396 g/mol. The number of ether oxygens (including phenoxy) is 1. The Morgan fingerprint density at radius 3 is 3.00 bits per heavy atom. The van der Waals surface area contributed by atoms with Crippen molar-refractivity contribution in [2.45, 2.75) is 24.5 Å². The van der Waals surface area contributed by atoms with Gasteiger partial charge in [0.15, 0.2) is 35.1 Å². The molecule has 1 saturated heterocycles.